The van der Waals surface area contributed by atoms with Gasteiger partial charge in [0.15, 0.2) is 5.16 Å². The number of carbonyl (C=O) groups is 1. The predicted octanol–water partition coefficient (Wildman–Crippen LogP) is 2.96. The molecule has 1 aliphatic heterocycles. The fourth-order valence-electron chi connectivity index (χ4n) is 3.10. The van der Waals surface area contributed by atoms with Gasteiger partial charge in [-0.3, -0.25) is 4.79 Å². The molecule has 1 amide bonds. The Morgan fingerprint density at radius 1 is 1.12 bits per heavy atom. The third kappa shape index (κ3) is 3.48. The van der Waals surface area contributed by atoms with E-state index in [-0.39, 0.29) is 11.2 Å². The lowest BCUT2D eigenvalue weighted by Gasteiger charge is -2.14. The second-order valence-corrected chi connectivity index (χ2v) is 7.75. The number of nitrogens with zero attached hydrogens (tertiary/aromatic N) is 3. The molecule has 1 aromatic carbocycles. The lowest BCUT2D eigenvalue weighted by molar-refractivity contribution is -0.120. The van der Waals surface area contributed by atoms with Crippen LogP contribution in [0.5, 0.6) is 0 Å². The number of rotatable bonds is 5. The van der Waals surface area contributed by atoms with Crippen LogP contribution in [-0.2, 0) is 11.3 Å². The van der Waals surface area contributed by atoms with Crippen molar-refractivity contribution in [3.8, 4) is 0 Å². The van der Waals surface area contributed by atoms with E-state index in [1.54, 1.807) is 11.8 Å². The summed E-state index contributed by atoms with van der Waals surface area (Å²) in [4.78, 5) is 12.3. The van der Waals surface area contributed by atoms with Gasteiger partial charge < -0.3 is 9.88 Å². The van der Waals surface area contributed by atoms with E-state index in [0.29, 0.717) is 5.92 Å². The van der Waals surface area contributed by atoms with E-state index in [0.717, 1.165) is 43.3 Å². The summed E-state index contributed by atoms with van der Waals surface area (Å²) in [5, 5.41) is 12.7. The molecule has 126 valence electrons. The zero-order valence-electron chi connectivity index (χ0n) is 13.6. The molecule has 0 unspecified atom stereocenters. The molecule has 1 atom stereocenters. The van der Waals surface area contributed by atoms with Crippen LogP contribution < -0.4 is 5.32 Å². The van der Waals surface area contributed by atoms with Gasteiger partial charge in [-0.05, 0) is 31.2 Å². The molecular formula is C18H22N4OS. The summed E-state index contributed by atoms with van der Waals surface area (Å²) >= 11 is 1.58. The molecule has 2 heterocycles. The van der Waals surface area contributed by atoms with Crippen molar-refractivity contribution in [2.24, 2.45) is 0 Å². The van der Waals surface area contributed by atoms with Crippen molar-refractivity contribution in [2.75, 3.05) is 6.54 Å². The molecule has 1 saturated carbocycles. The average Bonchev–Trinajstić information content (AvgIpc) is 3.39. The Morgan fingerprint density at radius 3 is 2.75 bits per heavy atom. The van der Waals surface area contributed by atoms with Gasteiger partial charge >= 0.3 is 0 Å². The summed E-state index contributed by atoms with van der Waals surface area (Å²) in [6, 6.07) is 10.4. The summed E-state index contributed by atoms with van der Waals surface area (Å²) in [6.45, 7) is 1.57. The SMILES string of the molecule is O=C1NCCCC[C@@H]1Sc1nnc(C2CC2)n1Cc1ccccc1. The molecule has 5 nitrogen and oxygen atoms in total. The monoisotopic (exact) mass is 342 g/mol. The van der Waals surface area contributed by atoms with E-state index in [1.807, 2.05) is 6.07 Å². The Morgan fingerprint density at radius 2 is 1.96 bits per heavy atom. The minimum Gasteiger partial charge on any atom is -0.355 e. The van der Waals surface area contributed by atoms with Gasteiger partial charge in [0.05, 0.1) is 11.8 Å². The topological polar surface area (TPSA) is 59.8 Å². The van der Waals surface area contributed by atoms with E-state index in [2.05, 4.69) is 44.3 Å². The van der Waals surface area contributed by atoms with Gasteiger partial charge in [-0.2, -0.15) is 0 Å². The molecule has 1 aromatic heterocycles. The second kappa shape index (κ2) is 6.97. The second-order valence-electron chi connectivity index (χ2n) is 6.58. The maximum atomic E-state index is 12.3. The number of hydrogen-bond acceptors (Lipinski definition) is 4. The fourth-order valence-corrected chi connectivity index (χ4v) is 4.20. The van der Waals surface area contributed by atoms with Crippen LogP contribution in [0.4, 0.5) is 0 Å². The fraction of sp³-hybridized carbons (Fsp3) is 0.500. The normalized spacial score (nSPS) is 21.3. The zero-order valence-corrected chi connectivity index (χ0v) is 14.5. The Kier molecular flexibility index (Phi) is 4.56. The van der Waals surface area contributed by atoms with Crippen molar-refractivity contribution < 1.29 is 4.79 Å². The molecule has 2 aliphatic rings. The van der Waals surface area contributed by atoms with Crippen molar-refractivity contribution in [2.45, 2.75) is 55.0 Å². The third-order valence-corrected chi connectivity index (χ3v) is 5.85. The average molecular weight is 342 g/mol. The van der Waals surface area contributed by atoms with Crippen LogP contribution in [0.2, 0.25) is 0 Å². The predicted molar refractivity (Wildman–Crippen MR) is 94.0 cm³/mol. The van der Waals surface area contributed by atoms with Gasteiger partial charge in [-0.15, -0.1) is 10.2 Å². The highest BCUT2D eigenvalue weighted by atomic mass is 32.2. The van der Waals surface area contributed by atoms with E-state index in [1.165, 1.54) is 18.4 Å². The first-order valence-electron chi connectivity index (χ1n) is 8.72. The van der Waals surface area contributed by atoms with Gasteiger partial charge in [0.25, 0.3) is 0 Å². The first-order valence-corrected chi connectivity index (χ1v) is 9.60. The molecule has 24 heavy (non-hydrogen) atoms. The van der Waals surface area contributed by atoms with Crippen molar-refractivity contribution in [3.63, 3.8) is 0 Å². The van der Waals surface area contributed by atoms with E-state index >= 15 is 0 Å². The quantitative estimate of drug-likeness (QED) is 0.907. The Balaban J connectivity index is 1.59. The van der Waals surface area contributed by atoms with Gasteiger partial charge in [0, 0.05) is 12.5 Å². The zero-order chi connectivity index (χ0) is 16.4. The molecule has 0 radical (unpaired) electrons. The van der Waals surface area contributed by atoms with Crippen LogP contribution in [0.3, 0.4) is 0 Å². The molecule has 0 bridgehead atoms. The number of nitrogens with one attached hydrogen (secondary N) is 1. The summed E-state index contributed by atoms with van der Waals surface area (Å²) in [5.41, 5.74) is 1.24. The number of carbonyl (C=O) groups excluding carboxylic acids is 1. The molecule has 1 aliphatic carbocycles. The lowest BCUT2D eigenvalue weighted by atomic mass is 10.2. The Labute approximate surface area is 146 Å². The molecule has 1 N–H and O–H groups in total. The largest absolute Gasteiger partial charge is 0.355 e. The van der Waals surface area contributed by atoms with Crippen molar-refractivity contribution >= 4 is 17.7 Å². The first kappa shape index (κ1) is 15.7. The molecule has 6 heteroatoms. The van der Waals surface area contributed by atoms with Crippen molar-refractivity contribution in [3.05, 3.63) is 41.7 Å². The summed E-state index contributed by atoms with van der Waals surface area (Å²) in [6.07, 6.45) is 5.45. The number of aromatic nitrogens is 3. The van der Waals surface area contributed by atoms with Gasteiger partial charge in [-0.1, -0.05) is 48.5 Å². The molecule has 0 spiro atoms. The van der Waals surface area contributed by atoms with Gasteiger partial charge in [0.2, 0.25) is 5.91 Å². The Bertz CT molecular complexity index is 711. The number of benzene rings is 1. The molecule has 2 fully saturated rings. The number of thioether (sulfide) groups is 1. The van der Waals surface area contributed by atoms with Crippen LogP contribution in [0.15, 0.2) is 35.5 Å². The summed E-state index contributed by atoms with van der Waals surface area (Å²) in [5.74, 6) is 1.76. The van der Waals surface area contributed by atoms with E-state index < -0.39 is 0 Å². The van der Waals surface area contributed by atoms with Crippen LogP contribution in [0, 0.1) is 0 Å². The standard InChI is InChI=1S/C18H22N4OS/c23-17-15(8-4-5-11-19-17)24-18-21-20-16(14-9-10-14)22(18)12-13-6-2-1-3-7-13/h1-3,6-7,14-15H,4-5,8-12H2,(H,19,23)/t15-/m0/s1. The first-order chi connectivity index (χ1) is 11.8. The summed E-state index contributed by atoms with van der Waals surface area (Å²) < 4.78 is 2.22. The van der Waals surface area contributed by atoms with Crippen molar-refractivity contribution in [1.82, 2.24) is 20.1 Å². The third-order valence-electron chi connectivity index (χ3n) is 4.60. The Hall–Kier alpha value is -1.82. The highest BCUT2D eigenvalue weighted by Crippen LogP contribution is 2.40. The van der Waals surface area contributed by atoms with E-state index in [9.17, 15) is 4.79 Å². The van der Waals surface area contributed by atoms with E-state index in [4.69, 9.17) is 0 Å². The smallest absolute Gasteiger partial charge is 0.233 e. The molecule has 2 aromatic rings. The summed E-state index contributed by atoms with van der Waals surface area (Å²) in [7, 11) is 0. The molecular weight excluding hydrogens is 320 g/mol. The maximum absolute atomic E-state index is 12.3. The number of hydrogen-bond donors (Lipinski definition) is 1. The van der Waals surface area contributed by atoms with Crippen LogP contribution >= 0.6 is 11.8 Å². The van der Waals surface area contributed by atoms with Crippen molar-refractivity contribution in [1.29, 1.82) is 0 Å². The highest BCUT2D eigenvalue weighted by molar-refractivity contribution is 8.00. The van der Waals surface area contributed by atoms with Crippen LogP contribution in [0.1, 0.15) is 49.4 Å². The molecule has 1 saturated heterocycles. The van der Waals surface area contributed by atoms with Gasteiger partial charge in [-0.25, -0.2) is 0 Å². The minimum absolute atomic E-state index is 0.0572. The minimum atomic E-state index is -0.0572. The van der Waals surface area contributed by atoms with Crippen LogP contribution in [-0.4, -0.2) is 32.5 Å². The van der Waals surface area contributed by atoms with Gasteiger partial charge in [0.1, 0.15) is 5.82 Å². The lowest BCUT2D eigenvalue weighted by Crippen LogP contribution is -2.30. The molecule has 4 rings (SSSR count). The maximum Gasteiger partial charge on any atom is 0.233 e. The van der Waals surface area contributed by atoms with Crippen LogP contribution in [0.25, 0.3) is 0 Å². The number of amides is 1. The highest BCUT2D eigenvalue weighted by Gasteiger charge is 2.32.